The number of amides is 2. The average molecular weight is 344 g/mol. The third kappa shape index (κ3) is 3.50. The Morgan fingerprint density at radius 1 is 1.08 bits per heavy atom. The largest absolute Gasteiger partial charge is 0.450 e. The minimum Gasteiger partial charge on any atom is -0.450 e. The molecule has 7 heteroatoms. The van der Waals surface area contributed by atoms with Gasteiger partial charge < -0.3 is 19.0 Å². The summed E-state index contributed by atoms with van der Waals surface area (Å²) >= 11 is 0. The molecular weight excluding hydrogens is 324 g/mol. The van der Waals surface area contributed by atoms with E-state index in [2.05, 4.69) is 0 Å². The summed E-state index contributed by atoms with van der Waals surface area (Å²) in [6, 6.07) is 7.33. The van der Waals surface area contributed by atoms with Crippen molar-refractivity contribution in [2.75, 3.05) is 32.8 Å². The van der Waals surface area contributed by atoms with E-state index in [1.54, 1.807) is 22.8 Å². The molecule has 1 aromatic heterocycles. The van der Waals surface area contributed by atoms with Crippen LogP contribution in [0.3, 0.4) is 0 Å². The van der Waals surface area contributed by atoms with Gasteiger partial charge in [0, 0.05) is 44.1 Å². The molecule has 0 aliphatic carbocycles. The van der Waals surface area contributed by atoms with E-state index in [4.69, 9.17) is 9.15 Å². The molecule has 0 radical (unpaired) electrons. The van der Waals surface area contributed by atoms with Gasteiger partial charge in [0.15, 0.2) is 6.61 Å². The lowest BCUT2D eigenvalue weighted by molar-refractivity contribution is -0.140. The minimum absolute atomic E-state index is 0.00103. The number of rotatable bonds is 3. The SMILES string of the molecule is CC(=O)N1CCN(C(=O)COC(=O)c2oc3ccccc3c2C)CC1. The van der Waals surface area contributed by atoms with Crippen LogP contribution in [0.1, 0.15) is 23.0 Å². The number of ether oxygens (including phenoxy) is 1. The van der Waals surface area contributed by atoms with Gasteiger partial charge in [0.2, 0.25) is 11.7 Å². The molecule has 3 rings (SSSR count). The summed E-state index contributed by atoms with van der Waals surface area (Å²) in [7, 11) is 0. The standard InChI is InChI=1S/C18H20N2O5/c1-12-14-5-3-4-6-15(14)25-17(12)18(23)24-11-16(22)20-9-7-19(8-10-20)13(2)21/h3-6H,7-11H2,1-2H3. The van der Waals surface area contributed by atoms with Crippen molar-refractivity contribution >= 4 is 28.8 Å². The lowest BCUT2D eigenvalue weighted by atomic mass is 10.1. The molecule has 1 aromatic carbocycles. The highest BCUT2D eigenvalue weighted by atomic mass is 16.5. The number of hydrogen-bond donors (Lipinski definition) is 0. The Kier molecular flexibility index (Phi) is 4.74. The summed E-state index contributed by atoms with van der Waals surface area (Å²) < 4.78 is 10.7. The number of nitrogens with zero attached hydrogens (tertiary/aromatic N) is 2. The first kappa shape index (κ1) is 17.0. The number of furan rings is 1. The smallest absolute Gasteiger partial charge is 0.375 e. The zero-order valence-corrected chi connectivity index (χ0v) is 14.3. The van der Waals surface area contributed by atoms with Crippen LogP contribution in [0.25, 0.3) is 11.0 Å². The molecule has 0 atom stereocenters. The van der Waals surface area contributed by atoms with E-state index < -0.39 is 5.97 Å². The second-order valence-corrected chi connectivity index (χ2v) is 6.02. The molecule has 0 saturated carbocycles. The van der Waals surface area contributed by atoms with Crippen molar-refractivity contribution in [1.29, 1.82) is 0 Å². The summed E-state index contributed by atoms with van der Waals surface area (Å²) in [5.74, 6) is -0.802. The number of esters is 1. The Balaban J connectivity index is 1.57. The number of fused-ring (bicyclic) bond motifs is 1. The van der Waals surface area contributed by atoms with Gasteiger partial charge in [0.05, 0.1) is 0 Å². The maximum absolute atomic E-state index is 12.2. The van der Waals surface area contributed by atoms with Crippen LogP contribution in [0.5, 0.6) is 0 Å². The summed E-state index contributed by atoms with van der Waals surface area (Å²) in [6.07, 6.45) is 0. The van der Waals surface area contributed by atoms with Crippen molar-refractivity contribution in [3.05, 3.63) is 35.6 Å². The fourth-order valence-corrected chi connectivity index (χ4v) is 2.92. The van der Waals surface area contributed by atoms with Gasteiger partial charge in [-0.15, -0.1) is 0 Å². The van der Waals surface area contributed by atoms with Crippen LogP contribution in [0, 0.1) is 6.92 Å². The number of piperazine rings is 1. The highest BCUT2D eigenvalue weighted by molar-refractivity contribution is 5.96. The minimum atomic E-state index is -0.649. The van der Waals surface area contributed by atoms with Crippen LogP contribution >= 0.6 is 0 Å². The molecule has 2 amide bonds. The lowest BCUT2D eigenvalue weighted by Crippen LogP contribution is -2.51. The van der Waals surface area contributed by atoms with Gasteiger partial charge in [-0.1, -0.05) is 18.2 Å². The molecule has 0 spiro atoms. The monoisotopic (exact) mass is 344 g/mol. The summed E-state index contributed by atoms with van der Waals surface area (Å²) in [5, 5.41) is 0.848. The maximum atomic E-state index is 12.2. The van der Waals surface area contributed by atoms with Gasteiger partial charge in [-0.2, -0.15) is 0 Å². The normalized spacial score (nSPS) is 14.6. The van der Waals surface area contributed by atoms with Gasteiger partial charge in [0.1, 0.15) is 5.58 Å². The molecule has 7 nitrogen and oxygen atoms in total. The van der Waals surface area contributed by atoms with Crippen LogP contribution in [0.2, 0.25) is 0 Å². The van der Waals surface area contributed by atoms with E-state index in [1.165, 1.54) is 6.92 Å². The number of para-hydroxylation sites is 1. The predicted octanol–water partition coefficient (Wildman–Crippen LogP) is 1.59. The third-order valence-corrected chi connectivity index (χ3v) is 4.43. The molecule has 2 aromatic rings. The Labute approximate surface area is 145 Å². The number of hydrogen-bond acceptors (Lipinski definition) is 5. The van der Waals surface area contributed by atoms with Crippen molar-refractivity contribution in [3.8, 4) is 0 Å². The quantitative estimate of drug-likeness (QED) is 0.790. The number of carbonyl (C=O) groups excluding carboxylic acids is 3. The molecule has 1 saturated heterocycles. The maximum Gasteiger partial charge on any atom is 0.375 e. The second-order valence-electron chi connectivity index (χ2n) is 6.02. The number of benzene rings is 1. The molecule has 1 fully saturated rings. The van der Waals surface area contributed by atoms with Crippen molar-refractivity contribution < 1.29 is 23.5 Å². The lowest BCUT2D eigenvalue weighted by Gasteiger charge is -2.34. The summed E-state index contributed by atoms with van der Waals surface area (Å²) in [4.78, 5) is 39.0. The van der Waals surface area contributed by atoms with Crippen LogP contribution in [-0.2, 0) is 14.3 Å². The van der Waals surface area contributed by atoms with Crippen LogP contribution in [0.4, 0.5) is 0 Å². The first-order chi connectivity index (χ1) is 12.0. The predicted molar refractivity (Wildman–Crippen MR) is 90.1 cm³/mol. The van der Waals surface area contributed by atoms with E-state index in [0.717, 1.165) is 5.39 Å². The Morgan fingerprint density at radius 3 is 2.36 bits per heavy atom. The molecule has 0 unspecified atom stereocenters. The van der Waals surface area contributed by atoms with Gasteiger partial charge >= 0.3 is 5.97 Å². The molecule has 132 valence electrons. The molecule has 1 aliphatic heterocycles. The van der Waals surface area contributed by atoms with Crippen molar-refractivity contribution in [2.45, 2.75) is 13.8 Å². The van der Waals surface area contributed by atoms with Crippen molar-refractivity contribution in [3.63, 3.8) is 0 Å². The van der Waals surface area contributed by atoms with Crippen molar-refractivity contribution in [2.24, 2.45) is 0 Å². The molecule has 0 N–H and O–H groups in total. The Morgan fingerprint density at radius 2 is 1.72 bits per heavy atom. The number of carbonyl (C=O) groups is 3. The van der Waals surface area contributed by atoms with Gasteiger partial charge in [-0.25, -0.2) is 4.79 Å². The van der Waals surface area contributed by atoms with E-state index in [-0.39, 0.29) is 24.2 Å². The molecule has 0 bridgehead atoms. The Bertz CT molecular complexity index is 818. The van der Waals surface area contributed by atoms with Crippen molar-refractivity contribution in [1.82, 2.24) is 9.80 Å². The number of aryl methyl sites for hydroxylation is 1. The van der Waals surface area contributed by atoms with Gasteiger partial charge in [-0.05, 0) is 13.0 Å². The zero-order chi connectivity index (χ0) is 18.0. The van der Waals surface area contributed by atoms with Crippen LogP contribution in [0.15, 0.2) is 28.7 Å². The summed E-state index contributed by atoms with van der Waals surface area (Å²) in [5.41, 5.74) is 1.31. The fraction of sp³-hybridized carbons (Fsp3) is 0.389. The molecule has 2 heterocycles. The van der Waals surface area contributed by atoms with Crippen LogP contribution < -0.4 is 0 Å². The zero-order valence-electron chi connectivity index (χ0n) is 14.3. The Hall–Kier alpha value is -2.83. The van der Waals surface area contributed by atoms with E-state index in [0.29, 0.717) is 37.3 Å². The molecule has 25 heavy (non-hydrogen) atoms. The molecule has 1 aliphatic rings. The third-order valence-electron chi connectivity index (χ3n) is 4.43. The highest BCUT2D eigenvalue weighted by Crippen LogP contribution is 2.25. The second kappa shape index (κ2) is 6.96. The van der Waals surface area contributed by atoms with Crippen LogP contribution in [-0.4, -0.2) is 60.4 Å². The summed E-state index contributed by atoms with van der Waals surface area (Å²) in [6.45, 7) is 4.84. The topological polar surface area (TPSA) is 80.1 Å². The van der Waals surface area contributed by atoms with Gasteiger partial charge in [-0.3, -0.25) is 9.59 Å². The first-order valence-corrected chi connectivity index (χ1v) is 8.16. The molecular formula is C18H20N2O5. The fourth-order valence-electron chi connectivity index (χ4n) is 2.92. The van der Waals surface area contributed by atoms with Gasteiger partial charge in [0.25, 0.3) is 5.91 Å². The van der Waals surface area contributed by atoms with E-state index >= 15 is 0 Å². The first-order valence-electron chi connectivity index (χ1n) is 8.16. The highest BCUT2D eigenvalue weighted by Gasteiger charge is 2.24. The average Bonchev–Trinajstić information content (AvgIpc) is 2.96. The van der Waals surface area contributed by atoms with E-state index in [9.17, 15) is 14.4 Å². The van der Waals surface area contributed by atoms with E-state index in [1.807, 2.05) is 18.2 Å².